The second kappa shape index (κ2) is 9.21. The fraction of sp³-hybridized carbons (Fsp3) is 0.333. The van der Waals surface area contributed by atoms with Gasteiger partial charge in [0.15, 0.2) is 0 Å². The second-order valence-corrected chi connectivity index (χ2v) is 6.90. The molecule has 28 heavy (non-hydrogen) atoms. The molecule has 3 rings (SSSR count). The Hall–Kier alpha value is -3.09. The third kappa shape index (κ3) is 5.70. The third-order valence-electron chi connectivity index (χ3n) is 4.63. The molecule has 2 amide bonds. The number of rotatable bonds is 7. The van der Waals surface area contributed by atoms with Gasteiger partial charge < -0.3 is 20.5 Å². The van der Waals surface area contributed by atoms with E-state index in [2.05, 4.69) is 10.6 Å². The van der Waals surface area contributed by atoms with E-state index in [0.29, 0.717) is 37.2 Å². The minimum atomic E-state index is -0.903. The minimum absolute atomic E-state index is 0.0308. The highest BCUT2D eigenvalue weighted by molar-refractivity contribution is 5.75. The number of carboxylic acids is 1. The molecule has 0 saturated heterocycles. The number of aliphatic carboxylic acids is 1. The maximum absolute atomic E-state index is 13.4. The molecule has 2 atom stereocenters. The Morgan fingerprint density at radius 3 is 2.75 bits per heavy atom. The number of hydrogen-bond donors (Lipinski definition) is 3. The summed E-state index contributed by atoms with van der Waals surface area (Å²) in [4.78, 5) is 23.4. The van der Waals surface area contributed by atoms with E-state index in [1.54, 1.807) is 6.07 Å². The molecular weight excluding hydrogens is 363 g/mol. The van der Waals surface area contributed by atoms with Gasteiger partial charge in [0.1, 0.15) is 18.2 Å². The zero-order valence-electron chi connectivity index (χ0n) is 15.4. The highest BCUT2D eigenvalue weighted by atomic mass is 19.1. The van der Waals surface area contributed by atoms with Crippen molar-refractivity contribution in [2.24, 2.45) is 0 Å². The summed E-state index contributed by atoms with van der Waals surface area (Å²) in [6, 6.07) is 12.9. The van der Waals surface area contributed by atoms with Crippen molar-refractivity contribution in [3.8, 4) is 5.75 Å². The van der Waals surface area contributed by atoms with Gasteiger partial charge in [-0.2, -0.15) is 0 Å². The molecule has 2 aromatic rings. The molecule has 2 unspecified atom stereocenters. The van der Waals surface area contributed by atoms with Gasteiger partial charge in [0, 0.05) is 12.5 Å². The lowest BCUT2D eigenvalue weighted by atomic mass is 10.0. The van der Waals surface area contributed by atoms with Crippen LogP contribution in [0, 0.1) is 5.82 Å². The molecule has 0 saturated carbocycles. The molecule has 1 aliphatic heterocycles. The van der Waals surface area contributed by atoms with Crippen molar-refractivity contribution in [2.45, 2.75) is 37.8 Å². The molecular formula is C21H23FN2O4. The number of carbonyl (C=O) groups is 2. The van der Waals surface area contributed by atoms with Crippen LogP contribution < -0.4 is 15.4 Å². The van der Waals surface area contributed by atoms with Crippen LogP contribution in [0.15, 0.2) is 48.5 Å². The quantitative estimate of drug-likeness (QED) is 0.683. The van der Waals surface area contributed by atoms with E-state index in [1.165, 1.54) is 12.1 Å². The summed E-state index contributed by atoms with van der Waals surface area (Å²) >= 11 is 0. The Morgan fingerprint density at radius 2 is 2.00 bits per heavy atom. The van der Waals surface area contributed by atoms with Crippen molar-refractivity contribution in [3.63, 3.8) is 0 Å². The first-order valence-electron chi connectivity index (χ1n) is 9.23. The van der Waals surface area contributed by atoms with Gasteiger partial charge in [-0.3, -0.25) is 4.79 Å². The predicted molar refractivity (Wildman–Crippen MR) is 102 cm³/mol. The molecule has 0 bridgehead atoms. The van der Waals surface area contributed by atoms with Gasteiger partial charge in [-0.1, -0.05) is 30.3 Å². The summed E-state index contributed by atoms with van der Waals surface area (Å²) in [5.41, 5.74) is 1.73. The van der Waals surface area contributed by atoms with Crippen molar-refractivity contribution in [1.29, 1.82) is 0 Å². The third-order valence-corrected chi connectivity index (χ3v) is 4.63. The molecule has 0 spiro atoms. The first kappa shape index (κ1) is 19.7. The summed E-state index contributed by atoms with van der Waals surface area (Å²) in [6.45, 7) is 0.296. The van der Waals surface area contributed by atoms with Gasteiger partial charge >= 0.3 is 12.0 Å². The lowest BCUT2D eigenvalue weighted by Gasteiger charge is -2.27. The van der Waals surface area contributed by atoms with Crippen LogP contribution in [-0.4, -0.2) is 35.8 Å². The van der Waals surface area contributed by atoms with E-state index < -0.39 is 5.97 Å². The Balaban J connectivity index is 1.57. The number of benzene rings is 2. The number of carbonyl (C=O) groups excluding carboxylic acids is 1. The van der Waals surface area contributed by atoms with Crippen LogP contribution >= 0.6 is 0 Å². The first-order chi connectivity index (χ1) is 13.5. The molecule has 6 nitrogen and oxygen atoms in total. The maximum Gasteiger partial charge on any atom is 0.315 e. The van der Waals surface area contributed by atoms with Crippen LogP contribution in [-0.2, 0) is 17.6 Å². The molecule has 2 aromatic carbocycles. The molecule has 0 fully saturated rings. The Morgan fingerprint density at radius 1 is 1.21 bits per heavy atom. The van der Waals surface area contributed by atoms with Gasteiger partial charge in [-0.05, 0) is 48.6 Å². The van der Waals surface area contributed by atoms with Crippen molar-refractivity contribution >= 4 is 12.0 Å². The summed E-state index contributed by atoms with van der Waals surface area (Å²) in [6.07, 6.45) is 1.31. The predicted octanol–water partition coefficient (Wildman–Crippen LogP) is 2.90. The van der Waals surface area contributed by atoms with Crippen molar-refractivity contribution < 1.29 is 23.8 Å². The number of ether oxygens (including phenoxy) is 1. The molecule has 1 heterocycles. The van der Waals surface area contributed by atoms with Crippen LogP contribution in [0.5, 0.6) is 5.75 Å². The molecule has 0 radical (unpaired) electrons. The summed E-state index contributed by atoms with van der Waals surface area (Å²) < 4.78 is 19.0. The van der Waals surface area contributed by atoms with Crippen LogP contribution in [0.4, 0.5) is 9.18 Å². The molecule has 3 N–H and O–H groups in total. The highest BCUT2D eigenvalue weighted by Crippen LogP contribution is 2.25. The SMILES string of the molecule is O=C(O)CCC(Cc1ccccc1)NC(=O)NC1COc2ccc(F)cc2C1. The average molecular weight is 386 g/mol. The zero-order chi connectivity index (χ0) is 19.9. The van der Waals surface area contributed by atoms with Gasteiger partial charge in [0.05, 0.1) is 6.04 Å². The molecule has 148 valence electrons. The van der Waals surface area contributed by atoms with E-state index in [4.69, 9.17) is 9.84 Å². The topological polar surface area (TPSA) is 87.7 Å². The minimum Gasteiger partial charge on any atom is -0.491 e. The molecule has 1 aliphatic rings. The van der Waals surface area contributed by atoms with Crippen molar-refractivity contribution in [2.75, 3.05) is 6.61 Å². The van der Waals surface area contributed by atoms with Gasteiger partial charge in [0.2, 0.25) is 0 Å². The number of halogens is 1. The van der Waals surface area contributed by atoms with Crippen LogP contribution in [0.25, 0.3) is 0 Å². The van der Waals surface area contributed by atoms with Crippen LogP contribution in [0.1, 0.15) is 24.0 Å². The maximum atomic E-state index is 13.4. The van der Waals surface area contributed by atoms with E-state index in [9.17, 15) is 14.0 Å². The Labute approximate surface area is 162 Å². The summed E-state index contributed by atoms with van der Waals surface area (Å²) in [5, 5.41) is 14.7. The van der Waals surface area contributed by atoms with E-state index in [1.807, 2.05) is 30.3 Å². The van der Waals surface area contributed by atoms with Crippen molar-refractivity contribution in [1.82, 2.24) is 10.6 Å². The lowest BCUT2D eigenvalue weighted by Crippen LogP contribution is -2.50. The van der Waals surface area contributed by atoms with Gasteiger partial charge in [-0.25, -0.2) is 9.18 Å². The number of carboxylic acid groups (broad SMARTS) is 1. The first-order valence-corrected chi connectivity index (χ1v) is 9.23. The largest absolute Gasteiger partial charge is 0.491 e. The van der Waals surface area contributed by atoms with Crippen LogP contribution in [0.3, 0.4) is 0 Å². The Kier molecular flexibility index (Phi) is 6.47. The van der Waals surface area contributed by atoms with Gasteiger partial charge in [0.25, 0.3) is 0 Å². The summed E-state index contributed by atoms with van der Waals surface area (Å²) in [7, 11) is 0. The van der Waals surface area contributed by atoms with Crippen LogP contribution in [0.2, 0.25) is 0 Å². The highest BCUT2D eigenvalue weighted by Gasteiger charge is 2.23. The molecule has 0 aliphatic carbocycles. The fourth-order valence-electron chi connectivity index (χ4n) is 3.29. The number of urea groups is 1. The normalized spacial score (nSPS) is 16.4. The monoisotopic (exact) mass is 386 g/mol. The Bertz CT molecular complexity index is 828. The number of amides is 2. The number of hydrogen-bond acceptors (Lipinski definition) is 3. The fourth-order valence-corrected chi connectivity index (χ4v) is 3.29. The van der Waals surface area contributed by atoms with Gasteiger partial charge in [-0.15, -0.1) is 0 Å². The average Bonchev–Trinajstić information content (AvgIpc) is 2.66. The van der Waals surface area contributed by atoms with E-state index >= 15 is 0 Å². The smallest absolute Gasteiger partial charge is 0.315 e. The van der Waals surface area contributed by atoms with Crippen molar-refractivity contribution in [3.05, 3.63) is 65.5 Å². The molecule has 7 heteroatoms. The summed E-state index contributed by atoms with van der Waals surface area (Å²) in [5.74, 6) is -0.619. The molecule has 0 aromatic heterocycles. The zero-order valence-corrected chi connectivity index (χ0v) is 15.4. The van der Waals surface area contributed by atoms with E-state index in [-0.39, 0.29) is 30.4 Å². The second-order valence-electron chi connectivity index (χ2n) is 6.90. The van der Waals surface area contributed by atoms with E-state index in [0.717, 1.165) is 5.56 Å². The number of nitrogens with one attached hydrogen (secondary N) is 2. The number of fused-ring (bicyclic) bond motifs is 1. The lowest BCUT2D eigenvalue weighted by molar-refractivity contribution is -0.137. The standard InChI is InChI=1S/C21H23FN2O4/c22-16-6-8-19-15(11-16)12-18(13-28-19)24-21(27)23-17(7-9-20(25)26)10-14-4-2-1-3-5-14/h1-6,8,11,17-18H,7,9-10,12-13H2,(H,25,26)(H2,23,24,27).